The zero-order valence-corrected chi connectivity index (χ0v) is 18.9. The van der Waals surface area contributed by atoms with Crippen LogP contribution < -0.4 is 25.2 Å². The van der Waals surface area contributed by atoms with Crippen LogP contribution in [0, 0.1) is 0 Å². The fourth-order valence-electron chi connectivity index (χ4n) is 3.49. The van der Waals surface area contributed by atoms with Gasteiger partial charge in [0.05, 0.1) is 19.3 Å². The van der Waals surface area contributed by atoms with E-state index in [1.807, 2.05) is 49.5 Å². The molecule has 3 rings (SSSR count). The summed E-state index contributed by atoms with van der Waals surface area (Å²) in [5.74, 6) is 2.60. The third-order valence-corrected chi connectivity index (χ3v) is 5.28. The highest BCUT2D eigenvalue weighted by atomic mass is 35.5. The Kier molecular flexibility index (Phi) is 7.63. The van der Waals surface area contributed by atoms with E-state index in [4.69, 9.17) is 21.3 Å². The Labute approximate surface area is 184 Å². The van der Waals surface area contributed by atoms with Gasteiger partial charge in [-0.15, -0.1) is 0 Å². The number of aromatic nitrogens is 1. The number of benzene rings is 1. The van der Waals surface area contributed by atoms with Gasteiger partial charge in [0.15, 0.2) is 5.96 Å². The predicted octanol–water partition coefficient (Wildman–Crippen LogP) is 3.14. The Balaban J connectivity index is 1.65. The van der Waals surface area contributed by atoms with Gasteiger partial charge in [-0.05, 0) is 49.2 Å². The van der Waals surface area contributed by atoms with E-state index in [1.165, 1.54) is 0 Å². The van der Waals surface area contributed by atoms with Crippen molar-refractivity contribution in [3.63, 3.8) is 0 Å². The maximum Gasteiger partial charge on any atom is 0.191 e. The van der Waals surface area contributed by atoms with Gasteiger partial charge < -0.3 is 25.2 Å². The molecule has 1 fully saturated rings. The van der Waals surface area contributed by atoms with Crippen LogP contribution in [-0.2, 0) is 6.54 Å². The molecule has 2 heterocycles. The zero-order chi connectivity index (χ0) is 21.5. The van der Waals surface area contributed by atoms with E-state index in [0.717, 1.165) is 54.8 Å². The number of ether oxygens (including phenoxy) is 1. The summed E-state index contributed by atoms with van der Waals surface area (Å²) >= 11 is 6.21. The van der Waals surface area contributed by atoms with Crippen molar-refractivity contribution >= 4 is 29.1 Å². The molecule has 2 aromatic rings. The van der Waals surface area contributed by atoms with Crippen molar-refractivity contribution in [1.82, 2.24) is 15.6 Å². The largest absolute Gasteiger partial charge is 0.495 e. The van der Waals surface area contributed by atoms with E-state index in [2.05, 4.69) is 33.5 Å². The van der Waals surface area contributed by atoms with E-state index in [0.29, 0.717) is 17.6 Å². The minimum absolute atomic E-state index is 0.293. The molecule has 1 unspecified atom stereocenters. The average molecular weight is 431 g/mol. The van der Waals surface area contributed by atoms with Crippen LogP contribution in [0.25, 0.3) is 0 Å². The van der Waals surface area contributed by atoms with Gasteiger partial charge in [-0.3, -0.25) is 0 Å². The Morgan fingerprint density at radius 3 is 2.90 bits per heavy atom. The summed E-state index contributed by atoms with van der Waals surface area (Å²) in [6, 6.07) is 10.1. The topological polar surface area (TPSA) is 65.0 Å². The molecule has 0 aliphatic carbocycles. The number of rotatable bonds is 7. The maximum absolute atomic E-state index is 6.21. The van der Waals surface area contributed by atoms with Crippen LogP contribution in [-0.4, -0.2) is 57.8 Å². The second-order valence-corrected chi connectivity index (χ2v) is 7.94. The molecule has 0 saturated carbocycles. The zero-order valence-electron chi connectivity index (χ0n) is 18.2. The molecule has 1 aliphatic heterocycles. The average Bonchev–Trinajstić information content (AvgIpc) is 3.20. The summed E-state index contributed by atoms with van der Waals surface area (Å²) in [6.07, 6.45) is 2.84. The van der Waals surface area contributed by atoms with Crippen LogP contribution in [0.2, 0.25) is 5.02 Å². The number of anilines is 2. The molecule has 1 aromatic heterocycles. The lowest BCUT2D eigenvalue weighted by Crippen LogP contribution is -2.44. The molecular weight excluding hydrogens is 400 g/mol. The number of nitrogens with one attached hydrogen (secondary N) is 2. The third-order valence-electron chi connectivity index (χ3n) is 5.04. The minimum atomic E-state index is 0.293. The summed E-state index contributed by atoms with van der Waals surface area (Å²) in [4.78, 5) is 13.4. The second kappa shape index (κ2) is 10.4. The summed E-state index contributed by atoms with van der Waals surface area (Å²) in [6.45, 7) is 5.28. The SMILES string of the molecule is CCNC(=NCc1ccnc(N(C)C)c1)NC1CCN(c2cc(Cl)ccc2OC)C1. The van der Waals surface area contributed by atoms with Crippen LogP contribution in [0.1, 0.15) is 18.9 Å². The first-order valence-corrected chi connectivity index (χ1v) is 10.6. The fourth-order valence-corrected chi connectivity index (χ4v) is 3.66. The van der Waals surface area contributed by atoms with E-state index < -0.39 is 0 Å². The minimum Gasteiger partial charge on any atom is -0.495 e. The van der Waals surface area contributed by atoms with Gasteiger partial charge in [-0.2, -0.15) is 0 Å². The molecule has 1 atom stereocenters. The number of guanidine groups is 1. The normalized spacial score (nSPS) is 16.5. The quantitative estimate of drug-likeness (QED) is 0.519. The van der Waals surface area contributed by atoms with Crippen molar-refractivity contribution in [2.24, 2.45) is 4.99 Å². The first kappa shape index (κ1) is 22.0. The Bertz CT molecular complexity index is 872. The lowest BCUT2D eigenvalue weighted by atomic mass is 10.2. The number of pyridine rings is 1. The second-order valence-electron chi connectivity index (χ2n) is 7.50. The van der Waals surface area contributed by atoms with Crippen molar-refractivity contribution in [2.45, 2.75) is 25.9 Å². The third kappa shape index (κ3) is 5.69. The van der Waals surface area contributed by atoms with Crippen molar-refractivity contribution < 1.29 is 4.74 Å². The lowest BCUT2D eigenvalue weighted by Gasteiger charge is -2.22. The molecule has 162 valence electrons. The predicted molar refractivity (Wildman–Crippen MR) is 125 cm³/mol. The Hall–Kier alpha value is -2.67. The van der Waals surface area contributed by atoms with Crippen molar-refractivity contribution in [2.75, 3.05) is 50.6 Å². The number of halogens is 1. The molecular formula is C22H31ClN6O. The van der Waals surface area contributed by atoms with E-state index in [9.17, 15) is 0 Å². The number of hydrogen-bond acceptors (Lipinski definition) is 5. The number of aliphatic imine (C=N–C) groups is 1. The van der Waals surface area contributed by atoms with Gasteiger partial charge in [0.1, 0.15) is 11.6 Å². The fraction of sp³-hybridized carbons (Fsp3) is 0.455. The van der Waals surface area contributed by atoms with Crippen LogP contribution in [0.5, 0.6) is 5.75 Å². The molecule has 7 nitrogen and oxygen atoms in total. The number of hydrogen-bond donors (Lipinski definition) is 2. The highest BCUT2D eigenvalue weighted by Gasteiger charge is 2.25. The molecule has 30 heavy (non-hydrogen) atoms. The highest BCUT2D eigenvalue weighted by Crippen LogP contribution is 2.33. The standard InChI is InChI=1S/C22H31ClN6O/c1-5-24-22(26-14-16-8-10-25-21(12-16)28(2)3)27-18-9-11-29(15-18)19-13-17(23)6-7-20(19)30-4/h6-8,10,12-13,18H,5,9,11,14-15H2,1-4H3,(H2,24,26,27). The molecule has 0 amide bonds. The number of nitrogens with zero attached hydrogens (tertiary/aromatic N) is 4. The first-order chi connectivity index (χ1) is 14.5. The van der Waals surface area contributed by atoms with Crippen molar-refractivity contribution in [3.8, 4) is 5.75 Å². The summed E-state index contributed by atoms with van der Waals surface area (Å²) in [5, 5.41) is 7.64. The van der Waals surface area contributed by atoms with Crippen molar-refractivity contribution in [3.05, 3.63) is 47.1 Å². The maximum atomic E-state index is 6.21. The van der Waals surface area contributed by atoms with Gasteiger partial charge >= 0.3 is 0 Å². The molecule has 1 saturated heterocycles. The summed E-state index contributed by atoms with van der Waals surface area (Å²) in [7, 11) is 5.67. The molecule has 0 bridgehead atoms. The van der Waals surface area contributed by atoms with E-state index >= 15 is 0 Å². The van der Waals surface area contributed by atoms with Crippen LogP contribution >= 0.6 is 11.6 Å². The molecule has 0 radical (unpaired) electrons. The van der Waals surface area contributed by atoms with Crippen molar-refractivity contribution in [1.29, 1.82) is 0 Å². The number of methoxy groups -OCH3 is 1. The van der Waals surface area contributed by atoms with Gasteiger partial charge in [0, 0.05) is 51.0 Å². The van der Waals surface area contributed by atoms with Crippen LogP contribution in [0.15, 0.2) is 41.5 Å². The van der Waals surface area contributed by atoms with Crippen LogP contribution in [0.4, 0.5) is 11.5 Å². The first-order valence-electron chi connectivity index (χ1n) is 10.3. The van der Waals surface area contributed by atoms with E-state index in [-0.39, 0.29) is 0 Å². The van der Waals surface area contributed by atoms with Gasteiger partial charge in [-0.1, -0.05) is 11.6 Å². The van der Waals surface area contributed by atoms with E-state index in [1.54, 1.807) is 7.11 Å². The van der Waals surface area contributed by atoms with Gasteiger partial charge in [-0.25, -0.2) is 9.98 Å². The lowest BCUT2D eigenvalue weighted by molar-refractivity contribution is 0.415. The van der Waals surface area contributed by atoms with Gasteiger partial charge in [0.2, 0.25) is 0 Å². The Morgan fingerprint density at radius 2 is 2.17 bits per heavy atom. The highest BCUT2D eigenvalue weighted by molar-refractivity contribution is 6.30. The summed E-state index contributed by atoms with van der Waals surface area (Å²) in [5.41, 5.74) is 2.16. The van der Waals surface area contributed by atoms with Gasteiger partial charge in [0.25, 0.3) is 0 Å². The monoisotopic (exact) mass is 430 g/mol. The molecule has 1 aromatic carbocycles. The summed E-state index contributed by atoms with van der Waals surface area (Å²) < 4.78 is 5.52. The smallest absolute Gasteiger partial charge is 0.191 e. The molecule has 1 aliphatic rings. The molecule has 8 heteroatoms. The molecule has 0 spiro atoms. The Morgan fingerprint density at radius 1 is 1.33 bits per heavy atom. The molecule has 2 N–H and O–H groups in total. The van der Waals surface area contributed by atoms with Crippen LogP contribution in [0.3, 0.4) is 0 Å².